The van der Waals surface area contributed by atoms with Gasteiger partial charge in [0.15, 0.2) is 14.7 Å². The Morgan fingerprint density at radius 1 is 0.522 bits per heavy atom. The molecule has 0 saturated heterocycles. The molecule has 23 heavy (non-hydrogen) atoms. The van der Waals surface area contributed by atoms with Crippen LogP contribution in [-0.4, -0.2) is 10.2 Å². The number of hydrogen-bond acceptors (Lipinski definition) is 2. The zero-order valence-corrected chi connectivity index (χ0v) is 13.5. The van der Waals surface area contributed by atoms with Crippen LogP contribution in [0, 0.1) is 0 Å². The van der Waals surface area contributed by atoms with Gasteiger partial charge < -0.3 is 10.2 Å². The topological polar surface area (TPSA) is 40.5 Å². The third-order valence-electron chi connectivity index (χ3n) is 3.66. The summed E-state index contributed by atoms with van der Waals surface area (Å²) in [5.74, 6) is 0. The average molecular weight is 323 g/mol. The molecule has 3 aromatic carbocycles. The maximum atomic E-state index is 9.24. The molecule has 3 heteroatoms. The van der Waals surface area contributed by atoms with Gasteiger partial charge in [-0.15, -0.1) is 0 Å². The molecule has 0 aliphatic rings. The minimum Gasteiger partial charge on any atom is -0.392 e. The summed E-state index contributed by atoms with van der Waals surface area (Å²) in [4.78, 5) is 3.68. The third kappa shape index (κ3) is 3.64. The first-order chi connectivity index (χ1) is 11.3. The van der Waals surface area contributed by atoms with E-state index in [0.717, 1.165) is 11.1 Å². The molecule has 3 aromatic rings. The number of benzene rings is 3. The fourth-order valence-corrected chi connectivity index (χ4v) is 4.49. The van der Waals surface area contributed by atoms with E-state index in [-0.39, 0.29) is 24.1 Å². The molecule has 0 aliphatic heterocycles. The van der Waals surface area contributed by atoms with Crippen LogP contribution in [-0.2, 0) is 24.1 Å². The molecular formula is C20H19O2S+. The van der Waals surface area contributed by atoms with Gasteiger partial charge in [0.1, 0.15) is 0 Å². The highest BCUT2D eigenvalue weighted by Gasteiger charge is 2.28. The van der Waals surface area contributed by atoms with Crippen molar-refractivity contribution in [2.24, 2.45) is 0 Å². The van der Waals surface area contributed by atoms with Crippen molar-refractivity contribution in [1.29, 1.82) is 0 Å². The lowest BCUT2D eigenvalue weighted by molar-refractivity contribution is 0.281. The molecule has 2 nitrogen and oxygen atoms in total. The van der Waals surface area contributed by atoms with Crippen LogP contribution in [0.15, 0.2) is 93.5 Å². The highest BCUT2D eigenvalue weighted by molar-refractivity contribution is 7.97. The van der Waals surface area contributed by atoms with Gasteiger partial charge in [0.2, 0.25) is 0 Å². The van der Waals surface area contributed by atoms with Gasteiger partial charge in [0, 0.05) is 0 Å². The largest absolute Gasteiger partial charge is 0.392 e. The van der Waals surface area contributed by atoms with Crippen LogP contribution < -0.4 is 0 Å². The Morgan fingerprint density at radius 2 is 0.913 bits per heavy atom. The maximum absolute atomic E-state index is 9.24. The van der Waals surface area contributed by atoms with Crippen molar-refractivity contribution in [3.05, 3.63) is 90.0 Å². The van der Waals surface area contributed by atoms with Crippen molar-refractivity contribution in [2.75, 3.05) is 0 Å². The van der Waals surface area contributed by atoms with Gasteiger partial charge in [-0.3, -0.25) is 0 Å². The summed E-state index contributed by atoms with van der Waals surface area (Å²) in [7, 11) is -0.198. The van der Waals surface area contributed by atoms with Crippen molar-refractivity contribution >= 4 is 10.9 Å². The van der Waals surface area contributed by atoms with Crippen LogP contribution in [0.2, 0.25) is 0 Å². The molecule has 0 heterocycles. The van der Waals surface area contributed by atoms with Crippen molar-refractivity contribution in [1.82, 2.24) is 0 Å². The van der Waals surface area contributed by atoms with E-state index in [4.69, 9.17) is 0 Å². The second kappa shape index (κ2) is 7.47. The monoisotopic (exact) mass is 323 g/mol. The predicted octanol–water partition coefficient (Wildman–Crippen LogP) is 3.77. The average Bonchev–Trinajstić information content (AvgIpc) is 2.64. The molecule has 0 fully saturated rings. The second-order valence-electron chi connectivity index (χ2n) is 5.22. The summed E-state index contributed by atoms with van der Waals surface area (Å²) in [5.41, 5.74) is 1.84. The summed E-state index contributed by atoms with van der Waals surface area (Å²) >= 11 is 0. The lowest BCUT2D eigenvalue weighted by atomic mass is 10.2. The summed E-state index contributed by atoms with van der Waals surface area (Å²) in [6, 6.07) is 26.6. The zero-order valence-electron chi connectivity index (χ0n) is 12.7. The summed E-state index contributed by atoms with van der Waals surface area (Å²) < 4.78 is 0. The smallest absolute Gasteiger partial charge is 0.166 e. The fourth-order valence-electron chi connectivity index (χ4n) is 2.43. The Bertz CT molecular complexity index is 689. The molecule has 0 unspecified atom stereocenters. The second-order valence-corrected chi connectivity index (χ2v) is 7.25. The van der Waals surface area contributed by atoms with Gasteiger partial charge in [-0.05, 0) is 47.5 Å². The van der Waals surface area contributed by atoms with Crippen molar-refractivity contribution in [3.63, 3.8) is 0 Å². The summed E-state index contributed by atoms with van der Waals surface area (Å²) in [6.45, 7) is 0.120. The van der Waals surface area contributed by atoms with Gasteiger partial charge in [-0.2, -0.15) is 0 Å². The summed E-state index contributed by atoms with van der Waals surface area (Å²) in [5, 5.41) is 18.5. The maximum Gasteiger partial charge on any atom is 0.166 e. The van der Waals surface area contributed by atoms with Crippen molar-refractivity contribution in [2.45, 2.75) is 27.9 Å². The van der Waals surface area contributed by atoms with Gasteiger partial charge in [-0.1, -0.05) is 42.5 Å². The lowest BCUT2D eigenvalue weighted by Gasteiger charge is -2.09. The molecule has 0 bridgehead atoms. The lowest BCUT2D eigenvalue weighted by Crippen LogP contribution is -2.05. The molecule has 0 saturated carbocycles. The van der Waals surface area contributed by atoms with Crippen molar-refractivity contribution < 1.29 is 10.2 Å². The first-order valence-electron chi connectivity index (χ1n) is 7.51. The molecule has 0 aliphatic carbocycles. The molecule has 116 valence electrons. The highest BCUT2D eigenvalue weighted by atomic mass is 32.2. The molecule has 3 rings (SSSR count). The quantitative estimate of drug-likeness (QED) is 0.702. The van der Waals surface area contributed by atoms with Crippen LogP contribution in [0.1, 0.15) is 11.1 Å². The number of aliphatic hydroxyl groups excluding tert-OH is 2. The SMILES string of the molecule is OCc1ccc([S+](c2ccccc2)c2ccc(CO)cc2)cc1. The van der Waals surface area contributed by atoms with Crippen molar-refractivity contribution in [3.8, 4) is 0 Å². The van der Waals surface area contributed by atoms with Gasteiger partial charge >= 0.3 is 0 Å². The Hall–Kier alpha value is -2.07. The molecule has 0 amide bonds. The standard InChI is InChI=1S/C20H19O2S/c21-14-16-6-10-19(11-7-16)23(18-4-2-1-3-5-18)20-12-8-17(15-22)9-13-20/h1-13,21-22H,14-15H2/q+1. The normalized spacial score (nSPS) is 10.9. The fraction of sp³-hybridized carbons (Fsp3) is 0.100. The van der Waals surface area contributed by atoms with E-state index in [9.17, 15) is 10.2 Å². The Kier molecular flexibility index (Phi) is 5.13. The van der Waals surface area contributed by atoms with E-state index in [0.29, 0.717) is 0 Å². The van der Waals surface area contributed by atoms with E-state index >= 15 is 0 Å². The Morgan fingerprint density at radius 3 is 1.30 bits per heavy atom. The van der Waals surface area contributed by atoms with Crippen LogP contribution in [0.25, 0.3) is 0 Å². The number of hydrogen-bond donors (Lipinski definition) is 2. The molecule has 2 N–H and O–H groups in total. The highest BCUT2D eigenvalue weighted by Crippen LogP contribution is 2.31. The van der Waals surface area contributed by atoms with Crippen LogP contribution >= 0.6 is 0 Å². The molecule has 0 radical (unpaired) electrons. The Balaban J connectivity index is 2.05. The van der Waals surface area contributed by atoms with E-state index < -0.39 is 0 Å². The minimum absolute atomic E-state index is 0.0601. The molecular weight excluding hydrogens is 304 g/mol. The molecule has 0 aromatic heterocycles. The molecule has 0 atom stereocenters. The Labute approximate surface area is 139 Å². The van der Waals surface area contributed by atoms with Crippen LogP contribution in [0.5, 0.6) is 0 Å². The minimum atomic E-state index is -0.198. The number of aliphatic hydroxyl groups is 2. The zero-order chi connectivity index (χ0) is 16.1. The van der Waals surface area contributed by atoms with Crippen LogP contribution in [0.4, 0.5) is 0 Å². The van der Waals surface area contributed by atoms with E-state index in [1.807, 2.05) is 30.3 Å². The first kappa shape index (κ1) is 15.8. The third-order valence-corrected chi connectivity index (χ3v) is 5.89. The first-order valence-corrected chi connectivity index (χ1v) is 8.73. The predicted molar refractivity (Wildman–Crippen MR) is 93.3 cm³/mol. The number of rotatable bonds is 5. The summed E-state index contributed by atoms with van der Waals surface area (Å²) in [6.07, 6.45) is 0. The van der Waals surface area contributed by atoms with E-state index in [2.05, 4.69) is 48.5 Å². The van der Waals surface area contributed by atoms with Crippen LogP contribution in [0.3, 0.4) is 0 Å². The van der Waals surface area contributed by atoms with Gasteiger partial charge in [0.25, 0.3) is 0 Å². The van der Waals surface area contributed by atoms with Gasteiger partial charge in [0.05, 0.1) is 24.1 Å². The van der Waals surface area contributed by atoms with E-state index in [1.54, 1.807) is 0 Å². The van der Waals surface area contributed by atoms with Gasteiger partial charge in [-0.25, -0.2) is 0 Å². The molecule has 0 spiro atoms. The van der Waals surface area contributed by atoms with E-state index in [1.165, 1.54) is 14.7 Å².